The molecule has 0 spiro atoms. The summed E-state index contributed by atoms with van der Waals surface area (Å²) in [4.78, 5) is 23.6. The number of benzene rings is 1. The van der Waals surface area contributed by atoms with Crippen molar-refractivity contribution >= 4 is 11.6 Å². The minimum absolute atomic E-state index is 0.234. The minimum atomic E-state index is -0.344. The number of rotatable bonds is 5. The summed E-state index contributed by atoms with van der Waals surface area (Å²) in [6.45, 7) is 0.829. The van der Waals surface area contributed by atoms with Gasteiger partial charge in [-0.3, -0.25) is 9.59 Å². The molecule has 0 atom stereocenters. The summed E-state index contributed by atoms with van der Waals surface area (Å²) in [5.74, 6) is 0.283. The Bertz CT molecular complexity index is 695. The van der Waals surface area contributed by atoms with Crippen molar-refractivity contribution in [3.05, 3.63) is 58.5 Å². The Hall–Kier alpha value is -2.60. The van der Waals surface area contributed by atoms with Gasteiger partial charge in [-0.2, -0.15) is 0 Å². The molecular weight excluding hydrogens is 270 g/mol. The van der Waals surface area contributed by atoms with Crippen LogP contribution in [-0.4, -0.2) is 23.6 Å². The monoisotopic (exact) mass is 287 g/mol. The molecule has 3 N–H and O–H groups in total. The molecule has 110 valence electrons. The van der Waals surface area contributed by atoms with E-state index in [0.717, 1.165) is 0 Å². The lowest BCUT2D eigenvalue weighted by Crippen LogP contribution is -2.20. The van der Waals surface area contributed by atoms with Gasteiger partial charge in [-0.25, -0.2) is 0 Å². The first-order valence-electron chi connectivity index (χ1n) is 6.51. The molecule has 6 heteroatoms. The lowest BCUT2D eigenvalue weighted by atomic mass is 10.2. The predicted molar refractivity (Wildman–Crippen MR) is 80.6 cm³/mol. The molecule has 21 heavy (non-hydrogen) atoms. The number of nitrogens with two attached hydrogens (primary N) is 1. The van der Waals surface area contributed by atoms with E-state index in [1.165, 1.54) is 10.6 Å². The van der Waals surface area contributed by atoms with Crippen LogP contribution in [0.5, 0.6) is 5.75 Å². The molecule has 0 saturated heterocycles. The third kappa shape index (κ3) is 3.93. The average Bonchev–Trinajstić information content (AvgIpc) is 2.48. The van der Waals surface area contributed by atoms with E-state index in [1.807, 2.05) is 0 Å². The molecule has 2 rings (SSSR count). The Morgan fingerprint density at radius 1 is 1.33 bits per heavy atom. The molecular formula is C15H17N3O3. The highest BCUT2D eigenvalue weighted by Gasteiger charge is 2.07. The van der Waals surface area contributed by atoms with Crippen molar-refractivity contribution in [1.82, 2.24) is 4.57 Å². The Morgan fingerprint density at radius 2 is 2.14 bits per heavy atom. The molecule has 6 nitrogen and oxygen atoms in total. The maximum absolute atomic E-state index is 12.1. The minimum Gasteiger partial charge on any atom is -0.492 e. The van der Waals surface area contributed by atoms with Crippen molar-refractivity contribution < 1.29 is 9.53 Å². The predicted octanol–water partition coefficient (Wildman–Crippen LogP) is 0.975. The third-order valence-electron chi connectivity index (χ3n) is 2.84. The van der Waals surface area contributed by atoms with E-state index in [4.69, 9.17) is 10.5 Å². The molecule has 0 aliphatic heterocycles. The van der Waals surface area contributed by atoms with Crippen molar-refractivity contribution in [2.24, 2.45) is 12.8 Å². The highest BCUT2D eigenvalue weighted by atomic mass is 16.5. The van der Waals surface area contributed by atoms with Gasteiger partial charge in [-0.15, -0.1) is 0 Å². The van der Waals surface area contributed by atoms with Gasteiger partial charge in [0.05, 0.1) is 0 Å². The standard InChI is InChI=1S/C15H17N3O3/c1-18-7-5-11(9-14(18)19)15(20)17-12-3-2-4-13(10-12)21-8-6-16/h2-5,7,9-10H,6,8,16H2,1H3,(H,17,20). The average molecular weight is 287 g/mol. The zero-order valence-electron chi connectivity index (χ0n) is 11.7. The largest absolute Gasteiger partial charge is 0.492 e. The van der Waals surface area contributed by atoms with Crippen LogP contribution >= 0.6 is 0 Å². The van der Waals surface area contributed by atoms with Gasteiger partial charge in [-0.05, 0) is 18.2 Å². The van der Waals surface area contributed by atoms with Crippen molar-refractivity contribution in [3.8, 4) is 5.75 Å². The number of carbonyl (C=O) groups is 1. The number of anilines is 1. The summed E-state index contributed by atoms with van der Waals surface area (Å²) < 4.78 is 6.79. The van der Waals surface area contributed by atoms with Gasteiger partial charge in [0.2, 0.25) is 0 Å². The van der Waals surface area contributed by atoms with Gasteiger partial charge in [0.15, 0.2) is 0 Å². The van der Waals surface area contributed by atoms with Crippen LogP contribution in [0, 0.1) is 0 Å². The zero-order chi connectivity index (χ0) is 15.2. The number of pyridine rings is 1. The quantitative estimate of drug-likeness (QED) is 0.858. The van der Waals surface area contributed by atoms with E-state index < -0.39 is 0 Å². The summed E-state index contributed by atoms with van der Waals surface area (Å²) in [5, 5.41) is 2.72. The molecule has 2 aromatic rings. The number of hydrogen-bond acceptors (Lipinski definition) is 4. The summed E-state index contributed by atoms with van der Waals surface area (Å²) >= 11 is 0. The lowest BCUT2D eigenvalue weighted by molar-refractivity contribution is 0.102. The molecule has 1 amide bonds. The van der Waals surface area contributed by atoms with Crippen LogP contribution in [0.4, 0.5) is 5.69 Å². The van der Waals surface area contributed by atoms with E-state index in [0.29, 0.717) is 30.2 Å². The first-order chi connectivity index (χ1) is 10.1. The fraction of sp³-hybridized carbons (Fsp3) is 0.200. The SMILES string of the molecule is Cn1ccc(C(=O)Nc2cccc(OCCN)c2)cc1=O. The summed E-state index contributed by atoms with van der Waals surface area (Å²) in [6, 6.07) is 9.88. The Balaban J connectivity index is 2.11. The number of amides is 1. The lowest BCUT2D eigenvalue weighted by Gasteiger charge is -2.08. The van der Waals surface area contributed by atoms with Crippen molar-refractivity contribution in [2.75, 3.05) is 18.5 Å². The molecule has 0 aliphatic rings. The second-order valence-electron chi connectivity index (χ2n) is 4.48. The summed E-state index contributed by atoms with van der Waals surface area (Å²) in [5.41, 5.74) is 6.04. The van der Waals surface area contributed by atoms with Crippen molar-refractivity contribution in [3.63, 3.8) is 0 Å². The summed E-state index contributed by atoms with van der Waals surface area (Å²) in [7, 11) is 1.63. The van der Waals surface area contributed by atoms with Gasteiger partial charge in [0.25, 0.3) is 11.5 Å². The van der Waals surface area contributed by atoms with E-state index in [1.54, 1.807) is 43.6 Å². The molecule has 1 aromatic carbocycles. The van der Waals surface area contributed by atoms with Gasteiger partial charge in [-0.1, -0.05) is 6.07 Å². The fourth-order valence-corrected chi connectivity index (χ4v) is 1.73. The van der Waals surface area contributed by atoms with Gasteiger partial charge >= 0.3 is 0 Å². The number of hydrogen-bond donors (Lipinski definition) is 2. The second kappa shape index (κ2) is 6.71. The molecule has 0 radical (unpaired) electrons. The maximum atomic E-state index is 12.1. The van der Waals surface area contributed by atoms with Gasteiger partial charge in [0, 0.05) is 43.2 Å². The molecule has 0 saturated carbocycles. The number of aromatic nitrogens is 1. The third-order valence-corrected chi connectivity index (χ3v) is 2.84. The second-order valence-corrected chi connectivity index (χ2v) is 4.48. The molecule has 1 heterocycles. The first kappa shape index (κ1) is 14.8. The molecule has 0 unspecified atom stereocenters. The van der Waals surface area contributed by atoms with E-state index in [-0.39, 0.29) is 11.5 Å². The highest BCUT2D eigenvalue weighted by Crippen LogP contribution is 2.17. The molecule has 0 bridgehead atoms. The van der Waals surface area contributed by atoms with Gasteiger partial charge < -0.3 is 20.4 Å². The maximum Gasteiger partial charge on any atom is 0.255 e. The molecule has 0 aliphatic carbocycles. The topological polar surface area (TPSA) is 86.3 Å². The summed E-state index contributed by atoms with van der Waals surface area (Å²) in [6.07, 6.45) is 1.55. The van der Waals surface area contributed by atoms with E-state index in [9.17, 15) is 9.59 Å². The zero-order valence-corrected chi connectivity index (χ0v) is 11.7. The van der Waals surface area contributed by atoms with Crippen LogP contribution in [0.15, 0.2) is 47.4 Å². The Kier molecular flexibility index (Phi) is 4.73. The number of nitrogens with one attached hydrogen (secondary N) is 1. The van der Waals surface area contributed by atoms with Crippen LogP contribution in [0.25, 0.3) is 0 Å². The number of nitrogens with zero attached hydrogens (tertiary/aromatic N) is 1. The molecule has 1 aromatic heterocycles. The van der Waals surface area contributed by atoms with Gasteiger partial charge in [0.1, 0.15) is 12.4 Å². The smallest absolute Gasteiger partial charge is 0.255 e. The van der Waals surface area contributed by atoms with Crippen LogP contribution in [0.3, 0.4) is 0 Å². The normalized spacial score (nSPS) is 10.2. The van der Waals surface area contributed by atoms with Crippen LogP contribution in [0.1, 0.15) is 10.4 Å². The van der Waals surface area contributed by atoms with E-state index >= 15 is 0 Å². The van der Waals surface area contributed by atoms with Crippen molar-refractivity contribution in [1.29, 1.82) is 0 Å². The van der Waals surface area contributed by atoms with E-state index in [2.05, 4.69) is 5.32 Å². The van der Waals surface area contributed by atoms with Crippen LogP contribution in [0.2, 0.25) is 0 Å². The van der Waals surface area contributed by atoms with Crippen LogP contribution < -0.4 is 21.3 Å². The number of aryl methyl sites for hydroxylation is 1. The number of carbonyl (C=O) groups excluding carboxylic acids is 1. The first-order valence-corrected chi connectivity index (χ1v) is 6.51. The highest BCUT2D eigenvalue weighted by molar-refractivity contribution is 6.04. The molecule has 0 fully saturated rings. The fourth-order valence-electron chi connectivity index (χ4n) is 1.73. The Morgan fingerprint density at radius 3 is 2.86 bits per heavy atom. The number of ether oxygens (including phenoxy) is 1. The van der Waals surface area contributed by atoms with Crippen molar-refractivity contribution in [2.45, 2.75) is 0 Å². The Labute approximate surface area is 122 Å². The van der Waals surface area contributed by atoms with Crippen LogP contribution in [-0.2, 0) is 7.05 Å².